The Morgan fingerprint density at radius 1 is 1.42 bits per heavy atom. The van der Waals surface area contributed by atoms with Crippen LogP contribution in [-0.2, 0) is 0 Å². The van der Waals surface area contributed by atoms with Crippen LogP contribution in [0.4, 0.5) is 12.9 Å². The normalized spacial score (nSPS) is 18.2. The molecule has 0 N–H and O–H groups in total. The van der Waals surface area contributed by atoms with Crippen molar-refractivity contribution in [1.29, 1.82) is 0 Å². The van der Waals surface area contributed by atoms with Gasteiger partial charge in [-0.3, -0.25) is 0 Å². The smallest absolute Gasteiger partial charge is 0.445 e. The Labute approximate surface area is 66.8 Å². The molecule has 66 valence electrons. The fraction of sp³-hybridized carbons (Fsp3) is 0.500. The summed E-state index contributed by atoms with van der Waals surface area (Å²) in [6.45, 7) is -4.94. The molecule has 0 radical (unpaired) electrons. The lowest BCUT2D eigenvalue weighted by Gasteiger charge is -2.12. The van der Waals surface area contributed by atoms with Crippen LogP contribution >= 0.6 is 0 Å². The number of hydrogen-bond donors (Lipinski definition) is 0. The van der Waals surface area contributed by atoms with Gasteiger partial charge < -0.3 is 17.5 Å². The number of hydrogen-bond acceptors (Lipinski definition) is 2. The molecular formula is C6H6BF3NO-. The van der Waals surface area contributed by atoms with Gasteiger partial charge in [0, 0.05) is 12.1 Å². The molecule has 1 heterocycles. The molecule has 1 aliphatic carbocycles. The van der Waals surface area contributed by atoms with Gasteiger partial charge >= 0.3 is 6.98 Å². The maximum atomic E-state index is 12.2. The van der Waals surface area contributed by atoms with E-state index in [2.05, 4.69) is 9.68 Å². The minimum Gasteiger partial charge on any atom is -0.445 e. The summed E-state index contributed by atoms with van der Waals surface area (Å²) in [5.41, 5.74) is -0.655. The van der Waals surface area contributed by atoms with Gasteiger partial charge in [0.2, 0.25) is 0 Å². The van der Waals surface area contributed by atoms with E-state index in [0.29, 0.717) is 0 Å². The predicted octanol–water partition coefficient (Wildman–Crippen LogP) is 1.61. The second-order valence-corrected chi connectivity index (χ2v) is 2.99. The van der Waals surface area contributed by atoms with Crippen LogP contribution in [0.3, 0.4) is 0 Å². The third-order valence-corrected chi connectivity index (χ3v) is 1.93. The summed E-state index contributed by atoms with van der Waals surface area (Å²) in [6, 6.07) is 0. The van der Waals surface area contributed by atoms with Crippen molar-refractivity contribution in [2.75, 3.05) is 0 Å². The van der Waals surface area contributed by atoms with Crippen molar-refractivity contribution in [2.45, 2.75) is 18.8 Å². The topological polar surface area (TPSA) is 26.0 Å². The maximum Gasteiger partial charge on any atom is 0.514 e. The lowest BCUT2D eigenvalue weighted by Crippen LogP contribution is -2.35. The minimum absolute atomic E-state index is 0.0301. The van der Waals surface area contributed by atoms with Crippen molar-refractivity contribution in [3.8, 4) is 0 Å². The lowest BCUT2D eigenvalue weighted by atomic mass is 9.80. The highest BCUT2D eigenvalue weighted by Gasteiger charge is 2.37. The van der Waals surface area contributed by atoms with Crippen molar-refractivity contribution >= 4 is 12.4 Å². The average molecular weight is 176 g/mol. The summed E-state index contributed by atoms with van der Waals surface area (Å²) in [7, 11) is 0. The van der Waals surface area contributed by atoms with Crippen molar-refractivity contribution < 1.29 is 17.5 Å². The van der Waals surface area contributed by atoms with Crippen LogP contribution in [0.1, 0.15) is 24.5 Å². The van der Waals surface area contributed by atoms with Gasteiger partial charge in [-0.2, -0.15) is 0 Å². The number of nitrogens with zero attached hydrogens (tertiary/aromatic N) is 1. The molecule has 1 fully saturated rings. The van der Waals surface area contributed by atoms with Gasteiger partial charge in [0.25, 0.3) is 0 Å². The van der Waals surface area contributed by atoms with Gasteiger partial charge in [0.15, 0.2) is 0 Å². The first kappa shape index (κ1) is 7.70. The van der Waals surface area contributed by atoms with E-state index in [-0.39, 0.29) is 11.7 Å². The lowest BCUT2D eigenvalue weighted by molar-refractivity contribution is 0.384. The van der Waals surface area contributed by atoms with E-state index in [1.165, 1.54) is 0 Å². The Hall–Kier alpha value is -0.935. The zero-order valence-corrected chi connectivity index (χ0v) is 6.14. The highest BCUT2D eigenvalue weighted by molar-refractivity contribution is 6.73. The van der Waals surface area contributed by atoms with Gasteiger partial charge in [0.1, 0.15) is 5.76 Å². The van der Waals surface area contributed by atoms with Crippen LogP contribution in [0.5, 0.6) is 0 Å². The van der Waals surface area contributed by atoms with E-state index in [1.807, 2.05) is 0 Å². The third-order valence-electron chi connectivity index (χ3n) is 1.93. The second-order valence-electron chi connectivity index (χ2n) is 2.99. The molecule has 0 aliphatic heterocycles. The molecule has 0 aromatic carbocycles. The van der Waals surface area contributed by atoms with Crippen LogP contribution in [0.15, 0.2) is 10.7 Å². The van der Waals surface area contributed by atoms with Crippen LogP contribution in [0.25, 0.3) is 0 Å². The number of aromatic nitrogens is 1. The molecule has 1 saturated carbocycles. The molecular weight excluding hydrogens is 170 g/mol. The summed E-state index contributed by atoms with van der Waals surface area (Å²) in [6.07, 6.45) is 2.34. The molecule has 0 saturated heterocycles. The standard InChI is InChI=1S/C6H6BF3NO/c8-7(9,10)5-3-11-12-6(5)4-1-2-4/h3-4H,1-2H2/q-1. The first-order chi connectivity index (χ1) is 5.59. The van der Waals surface area contributed by atoms with Crippen LogP contribution in [0, 0.1) is 0 Å². The van der Waals surface area contributed by atoms with Crippen molar-refractivity contribution in [2.24, 2.45) is 0 Å². The van der Waals surface area contributed by atoms with E-state index in [0.717, 1.165) is 19.0 Å². The summed E-state index contributed by atoms with van der Waals surface area (Å²) >= 11 is 0. The van der Waals surface area contributed by atoms with E-state index >= 15 is 0 Å². The largest absolute Gasteiger partial charge is 0.514 e. The zero-order valence-electron chi connectivity index (χ0n) is 6.14. The Kier molecular flexibility index (Phi) is 1.46. The summed E-state index contributed by atoms with van der Waals surface area (Å²) in [5, 5.41) is 3.17. The van der Waals surface area contributed by atoms with E-state index in [4.69, 9.17) is 0 Å². The molecule has 2 nitrogen and oxygen atoms in total. The molecule has 1 aromatic rings. The maximum absolute atomic E-state index is 12.2. The van der Waals surface area contributed by atoms with Gasteiger partial charge in [0.05, 0.1) is 0 Å². The molecule has 1 aliphatic rings. The predicted molar refractivity (Wildman–Crippen MR) is 37.2 cm³/mol. The van der Waals surface area contributed by atoms with Gasteiger partial charge in [-0.15, -0.1) is 0 Å². The Morgan fingerprint density at radius 2 is 2.08 bits per heavy atom. The van der Waals surface area contributed by atoms with Crippen molar-refractivity contribution in [3.63, 3.8) is 0 Å². The highest BCUT2D eigenvalue weighted by Crippen LogP contribution is 2.39. The van der Waals surface area contributed by atoms with Crippen molar-refractivity contribution in [3.05, 3.63) is 12.0 Å². The molecule has 2 rings (SSSR count). The quantitative estimate of drug-likeness (QED) is 0.639. The highest BCUT2D eigenvalue weighted by atomic mass is 19.4. The Balaban J connectivity index is 2.36. The van der Waals surface area contributed by atoms with E-state index in [9.17, 15) is 12.9 Å². The van der Waals surface area contributed by atoms with Crippen LogP contribution < -0.4 is 5.46 Å². The molecule has 0 bridgehead atoms. The molecule has 0 unspecified atom stereocenters. The number of rotatable bonds is 2. The Morgan fingerprint density at radius 3 is 2.58 bits per heavy atom. The summed E-state index contributed by atoms with van der Waals surface area (Å²) < 4.78 is 41.3. The second kappa shape index (κ2) is 2.28. The van der Waals surface area contributed by atoms with Crippen LogP contribution in [0.2, 0.25) is 0 Å². The zero-order chi connectivity index (χ0) is 8.77. The average Bonchev–Trinajstić information content (AvgIpc) is 2.65. The van der Waals surface area contributed by atoms with Gasteiger partial charge in [-0.05, 0) is 18.3 Å². The SMILES string of the molecule is F[B-](F)(F)c1cnoc1C1CC1. The fourth-order valence-electron chi connectivity index (χ4n) is 1.16. The molecule has 0 spiro atoms. The van der Waals surface area contributed by atoms with Gasteiger partial charge in [-0.1, -0.05) is 5.16 Å². The minimum atomic E-state index is -4.94. The monoisotopic (exact) mass is 176 g/mol. The van der Waals surface area contributed by atoms with E-state index < -0.39 is 12.4 Å². The molecule has 12 heavy (non-hydrogen) atoms. The fourth-order valence-corrected chi connectivity index (χ4v) is 1.16. The molecule has 0 atom stereocenters. The first-order valence-electron chi connectivity index (χ1n) is 3.73. The van der Waals surface area contributed by atoms with Crippen LogP contribution in [-0.4, -0.2) is 12.1 Å². The van der Waals surface area contributed by atoms with Crippen molar-refractivity contribution in [1.82, 2.24) is 5.16 Å². The number of halogens is 3. The summed E-state index contributed by atoms with van der Waals surface area (Å²) in [5.74, 6) is -0.00602. The molecule has 6 heteroatoms. The van der Waals surface area contributed by atoms with E-state index in [1.54, 1.807) is 0 Å². The first-order valence-corrected chi connectivity index (χ1v) is 3.73. The van der Waals surface area contributed by atoms with Gasteiger partial charge in [-0.25, -0.2) is 0 Å². The Bertz CT molecular complexity index is 291. The summed E-state index contributed by atoms with van der Waals surface area (Å²) in [4.78, 5) is 0. The third kappa shape index (κ3) is 1.21. The molecule has 1 aromatic heterocycles. The molecule has 0 amide bonds.